The standard InChI is InChI=1S/C11H12F4O/c1-4-5-16-11(14,15)9(12)10(13)7(2)6-8(10)3/h4,6,9H,1-2,5H2,3H3. The lowest BCUT2D eigenvalue weighted by Gasteiger charge is -2.39. The predicted molar refractivity (Wildman–Crippen MR) is 52.7 cm³/mol. The summed E-state index contributed by atoms with van der Waals surface area (Å²) in [6.45, 7) is 6.99. The molecule has 0 bridgehead atoms. The first-order valence-corrected chi connectivity index (χ1v) is 4.60. The van der Waals surface area contributed by atoms with Crippen molar-refractivity contribution in [3.8, 4) is 0 Å². The first kappa shape index (κ1) is 13.0. The second-order valence-corrected chi connectivity index (χ2v) is 3.59. The van der Waals surface area contributed by atoms with E-state index in [0.29, 0.717) is 0 Å². The Labute approximate surface area is 91.1 Å². The molecule has 0 spiro atoms. The smallest absolute Gasteiger partial charge is 0.314 e. The average molecular weight is 236 g/mol. The van der Waals surface area contributed by atoms with Crippen LogP contribution in [-0.4, -0.2) is 24.6 Å². The van der Waals surface area contributed by atoms with E-state index in [1.807, 2.05) is 0 Å². The fraction of sp³-hybridized carbons (Fsp3) is 0.455. The van der Waals surface area contributed by atoms with E-state index >= 15 is 0 Å². The van der Waals surface area contributed by atoms with Crippen LogP contribution < -0.4 is 0 Å². The number of rotatable bonds is 5. The third-order valence-electron chi connectivity index (χ3n) is 2.47. The minimum Gasteiger partial charge on any atom is -0.314 e. The molecule has 1 aliphatic carbocycles. The molecule has 0 aromatic carbocycles. The van der Waals surface area contributed by atoms with E-state index < -0.39 is 24.6 Å². The summed E-state index contributed by atoms with van der Waals surface area (Å²) < 4.78 is 57.5. The maximum atomic E-state index is 13.9. The van der Waals surface area contributed by atoms with Crippen molar-refractivity contribution in [3.05, 3.63) is 36.5 Å². The van der Waals surface area contributed by atoms with Crippen LogP contribution in [0.2, 0.25) is 0 Å². The van der Waals surface area contributed by atoms with Crippen molar-refractivity contribution in [3.63, 3.8) is 0 Å². The zero-order valence-electron chi connectivity index (χ0n) is 8.77. The van der Waals surface area contributed by atoms with Crippen LogP contribution in [0.5, 0.6) is 0 Å². The molecule has 0 amide bonds. The van der Waals surface area contributed by atoms with Gasteiger partial charge in [0, 0.05) is 0 Å². The monoisotopic (exact) mass is 236 g/mol. The quantitative estimate of drug-likeness (QED) is 0.525. The van der Waals surface area contributed by atoms with Crippen molar-refractivity contribution in [1.82, 2.24) is 0 Å². The normalized spacial score (nSPS) is 27.1. The van der Waals surface area contributed by atoms with Gasteiger partial charge in [0.1, 0.15) is 0 Å². The maximum absolute atomic E-state index is 13.9. The topological polar surface area (TPSA) is 9.23 Å². The van der Waals surface area contributed by atoms with E-state index in [1.165, 1.54) is 13.0 Å². The maximum Gasteiger partial charge on any atom is 0.391 e. The number of hydrogen-bond donors (Lipinski definition) is 0. The van der Waals surface area contributed by atoms with E-state index in [4.69, 9.17) is 0 Å². The summed E-state index contributed by atoms with van der Waals surface area (Å²) in [5, 5.41) is 0. The average Bonchev–Trinajstić information content (AvgIpc) is 2.24. The Kier molecular flexibility index (Phi) is 3.28. The molecule has 0 N–H and O–H groups in total. The van der Waals surface area contributed by atoms with E-state index in [0.717, 1.165) is 6.08 Å². The summed E-state index contributed by atoms with van der Waals surface area (Å²) in [4.78, 5) is 0. The highest BCUT2D eigenvalue weighted by Crippen LogP contribution is 2.48. The van der Waals surface area contributed by atoms with Gasteiger partial charge in [-0.3, -0.25) is 0 Å². The minimum absolute atomic E-state index is 0.119. The molecule has 90 valence electrons. The van der Waals surface area contributed by atoms with Crippen molar-refractivity contribution in [1.29, 1.82) is 0 Å². The van der Waals surface area contributed by atoms with E-state index in [-0.39, 0.29) is 11.1 Å². The van der Waals surface area contributed by atoms with Gasteiger partial charge in [0.05, 0.1) is 6.61 Å². The Morgan fingerprint density at radius 3 is 2.56 bits per heavy atom. The van der Waals surface area contributed by atoms with Crippen molar-refractivity contribution in [2.45, 2.75) is 24.9 Å². The van der Waals surface area contributed by atoms with E-state index in [1.54, 1.807) is 0 Å². The zero-order valence-corrected chi connectivity index (χ0v) is 8.77. The summed E-state index contributed by atoms with van der Waals surface area (Å²) >= 11 is 0. The molecule has 0 aromatic heterocycles. The lowest BCUT2D eigenvalue weighted by molar-refractivity contribution is -0.284. The van der Waals surface area contributed by atoms with Crippen LogP contribution in [0.25, 0.3) is 0 Å². The van der Waals surface area contributed by atoms with Gasteiger partial charge >= 0.3 is 6.11 Å². The summed E-state index contributed by atoms with van der Waals surface area (Å²) in [7, 11) is 0. The van der Waals surface area contributed by atoms with Crippen molar-refractivity contribution in [2.75, 3.05) is 6.61 Å². The third kappa shape index (κ3) is 1.80. The van der Waals surface area contributed by atoms with Crippen LogP contribution in [0.1, 0.15) is 6.92 Å². The molecular formula is C11H12F4O. The molecule has 2 atom stereocenters. The highest BCUT2D eigenvalue weighted by Gasteiger charge is 2.60. The Bertz CT molecular complexity index is 348. The van der Waals surface area contributed by atoms with Crippen LogP contribution in [-0.2, 0) is 4.74 Å². The fourth-order valence-electron chi connectivity index (χ4n) is 1.48. The summed E-state index contributed by atoms with van der Waals surface area (Å²) in [5.41, 5.74) is -3.25. The highest BCUT2D eigenvalue weighted by molar-refractivity contribution is 5.51. The van der Waals surface area contributed by atoms with Crippen molar-refractivity contribution < 1.29 is 22.3 Å². The molecule has 0 radical (unpaired) electrons. The van der Waals surface area contributed by atoms with Gasteiger partial charge in [-0.15, -0.1) is 6.58 Å². The summed E-state index contributed by atoms with van der Waals surface area (Å²) in [6.07, 6.45) is -5.06. The molecule has 0 saturated carbocycles. The Morgan fingerprint density at radius 1 is 1.62 bits per heavy atom. The number of halogens is 4. The number of alkyl halides is 4. The van der Waals surface area contributed by atoms with Crippen LogP contribution in [0.4, 0.5) is 17.6 Å². The molecule has 1 aliphatic rings. The minimum atomic E-state index is -4.21. The molecule has 0 aliphatic heterocycles. The highest BCUT2D eigenvalue weighted by atomic mass is 19.3. The first-order valence-electron chi connectivity index (χ1n) is 4.60. The van der Waals surface area contributed by atoms with E-state index in [2.05, 4.69) is 17.9 Å². The Balaban J connectivity index is 2.85. The second-order valence-electron chi connectivity index (χ2n) is 3.59. The van der Waals surface area contributed by atoms with Gasteiger partial charge in [0.15, 0.2) is 5.67 Å². The first-order chi connectivity index (χ1) is 7.26. The molecule has 1 nitrogen and oxygen atoms in total. The second kappa shape index (κ2) is 4.05. The Hall–Kier alpha value is -1.10. The lowest BCUT2D eigenvalue weighted by atomic mass is 9.74. The van der Waals surface area contributed by atoms with Crippen molar-refractivity contribution >= 4 is 0 Å². The molecule has 1 rings (SSSR count). The van der Waals surface area contributed by atoms with Gasteiger partial charge in [-0.25, -0.2) is 8.78 Å². The van der Waals surface area contributed by atoms with Gasteiger partial charge in [-0.1, -0.05) is 18.7 Å². The SMILES string of the molecule is C=CCOC(F)(F)C(F)C1(F)C(=C)C=C1C. The molecule has 2 unspecified atom stereocenters. The lowest BCUT2D eigenvalue weighted by Crippen LogP contribution is -2.53. The van der Waals surface area contributed by atoms with Crippen LogP contribution in [0.15, 0.2) is 36.5 Å². The summed E-state index contributed by atoms with van der Waals surface area (Å²) in [5.74, 6) is 0. The van der Waals surface area contributed by atoms with E-state index in [9.17, 15) is 17.6 Å². The van der Waals surface area contributed by atoms with Crippen LogP contribution >= 0.6 is 0 Å². The van der Waals surface area contributed by atoms with Gasteiger partial charge in [0.2, 0.25) is 6.17 Å². The van der Waals surface area contributed by atoms with Gasteiger partial charge in [0.25, 0.3) is 0 Å². The molecule has 0 saturated heterocycles. The van der Waals surface area contributed by atoms with Crippen molar-refractivity contribution in [2.24, 2.45) is 0 Å². The van der Waals surface area contributed by atoms with Gasteiger partial charge < -0.3 is 4.74 Å². The zero-order chi connectivity index (χ0) is 12.6. The largest absolute Gasteiger partial charge is 0.391 e. The fourth-order valence-corrected chi connectivity index (χ4v) is 1.48. The molecule has 0 heterocycles. The molecule has 0 aromatic rings. The molecule has 16 heavy (non-hydrogen) atoms. The molecule has 0 fully saturated rings. The number of allylic oxidation sites excluding steroid dienone is 3. The predicted octanol–water partition coefficient (Wildman–Crippen LogP) is 3.34. The van der Waals surface area contributed by atoms with Gasteiger partial charge in [-0.05, 0) is 18.1 Å². The van der Waals surface area contributed by atoms with Gasteiger partial charge in [-0.2, -0.15) is 8.78 Å². The van der Waals surface area contributed by atoms with Crippen LogP contribution in [0.3, 0.4) is 0 Å². The number of hydrogen-bond acceptors (Lipinski definition) is 1. The Morgan fingerprint density at radius 2 is 2.19 bits per heavy atom. The third-order valence-corrected chi connectivity index (χ3v) is 2.47. The molecule has 5 heteroatoms. The van der Waals surface area contributed by atoms with Crippen LogP contribution in [0, 0.1) is 0 Å². The number of ether oxygens (including phenoxy) is 1. The summed E-state index contributed by atoms with van der Waals surface area (Å²) in [6, 6.07) is 0. The molecular weight excluding hydrogens is 224 g/mol.